The first kappa shape index (κ1) is 8.62. The van der Waals surface area contributed by atoms with Gasteiger partial charge in [-0.2, -0.15) is 4.73 Å². The number of methoxy groups -OCH3 is 1. The molecule has 0 atom stereocenters. The minimum Gasteiger partial charge on any atom is -0.465 e. The second-order valence-corrected chi connectivity index (χ2v) is 2.93. The first-order valence-electron chi connectivity index (χ1n) is 4.11. The average molecular weight is 191 g/mol. The number of ether oxygens (including phenoxy) is 1. The topological polar surface area (TPSA) is 51.5 Å². The van der Waals surface area contributed by atoms with Gasteiger partial charge in [0.25, 0.3) is 0 Å². The van der Waals surface area contributed by atoms with Crippen molar-refractivity contribution in [2.24, 2.45) is 0 Å². The Morgan fingerprint density at radius 3 is 2.93 bits per heavy atom. The van der Waals surface area contributed by atoms with Crippen LogP contribution in [0.2, 0.25) is 0 Å². The molecule has 1 N–H and O–H groups in total. The third kappa shape index (κ3) is 1.21. The van der Waals surface area contributed by atoms with Crippen LogP contribution in [0.5, 0.6) is 0 Å². The Hall–Kier alpha value is -1.97. The highest BCUT2D eigenvalue weighted by atomic mass is 16.5. The van der Waals surface area contributed by atoms with Crippen LogP contribution >= 0.6 is 0 Å². The van der Waals surface area contributed by atoms with Crippen molar-refractivity contribution in [1.29, 1.82) is 0 Å². The maximum Gasteiger partial charge on any atom is 0.337 e. The summed E-state index contributed by atoms with van der Waals surface area (Å²) in [4.78, 5) is 11.2. The van der Waals surface area contributed by atoms with E-state index in [1.165, 1.54) is 13.3 Å². The van der Waals surface area contributed by atoms with E-state index in [9.17, 15) is 10.0 Å². The maximum absolute atomic E-state index is 11.2. The number of carbonyl (C=O) groups is 1. The second-order valence-electron chi connectivity index (χ2n) is 2.93. The molecule has 4 nitrogen and oxygen atoms in total. The van der Waals surface area contributed by atoms with Gasteiger partial charge >= 0.3 is 5.97 Å². The third-order valence-electron chi connectivity index (χ3n) is 2.09. The van der Waals surface area contributed by atoms with Crippen molar-refractivity contribution in [2.45, 2.75) is 0 Å². The molecule has 1 aromatic heterocycles. The SMILES string of the molecule is COC(=O)c1ccc2ccn(O)c2c1. The minimum absolute atomic E-state index is 0.409. The van der Waals surface area contributed by atoms with Crippen molar-refractivity contribution in [3.63, 3.8) is 0 Å². The van der Waals surface area contributed by atoms with Crippen molar-refractivity contribution in [3.8, 4) is 0 Å². The van der Waals surface area contributed by atoms with E-state index in [4.69, 9.17) is 0 Å². The lowest BCUT2D eigenvalue weighted by Crippen LogP contribution is -2.01. The monoisotopic (exact) mass is 191 g/mol. The van der Waals surface area contributed by atoms with E-state index in [1.54, 1.807) is 24.3 Å². The molecule has 0 aliphatic heterocycles. The molecule has 1 heterocycles. The summed E-state index contributed by atoms with van der Waals surface area (Å²) in [5, 5.41) is 10.2. The zero-order valence-corrected chi connectivity index (χ0v) is 7.60. The van der Waals surface area contributed by atoms with Crippen LogP contribution in [0.4, 0.5) is 0 Å². The van der Waals surface area contributed by atoms with Crippen LogP contribution in [-0.4, -0.2) is 23.0 Å². The van der Waals surface area contributed by atoms with Gasteiger partial charge in [0.05, 0.1) is 18.2 Å². The first-order valence-corrected chi connectivity index (χ1v) is 4.11. The lowest BCUT2D eigenvalue weighted by atomic mass is 10.2. The average Bonchev–Trinajstić information content (AvgIpc) is 2.59. The zero-order valence-electron chi connectivity index (χ0n) is 7.60. The summed E-state index contributed by atoms with van der Waals surface area (Å²) < 4.78 is 5.55. The van der Waals surface area contributed by atoms with Crippen molar-refractivity contribution < 1.29 is 14.7 Å². The Morgan fingerprint density at radius 1 is 1.43 bits per heavy atom. The molecule has 14 heavy (non-hydrogen) atoms. The maximum atomic E-state index is 11.2. The molecule has 0 aliphatic rings. The number of rotatable bonds is 1. The molecule has 72 valence electrons. The number of nitrogens with zero attached hydrogens (tertiary/aromatic N) is 1. The van der Waals surface area contributed by atoms with Crippen LogP contribution in [0.25, 0.3) is 10.9 Å². The van der Waals surface area contributed by atoms with Crippen LogP contribution in [0.3, 0.4) is 0 Å². The standard InChI is InChI=1S/C10H9NO3/c1-14-10(12)8-3-2-7-4-5-11(13)9(7)6-8/h2-6,13H,1H3. The molecular weight excluding hydrogens is 182 g/mol. The predicted octanol–water partition coefficient (Wildman–Crippen LogP) is 1.67. The lowest BCUT2D eigenvalue weighted by molar-refractivity contribution is 0.0601. The molecule has 0 saturated carbocycles. The van der Waals surface area contributed by atoms with Crippen LogP contribution in [0.15, 0.2) is 30.5 Å². The van der Waals surface area contributed by atoms with E-state index < -0.39 is 5.97 Å². The van der Waals surface area contributed by atoms with E-state index in [1.807, 2.05) is 0 Å². The number of esters is 1. The highest BCUT2D eigenvalue weighted by Crippen LogP contribution is 2.16. The first-order chi connectivity index (χ1) is 6.72. The Kier molecular flexibility index (Phi) is 1.89. The van der Waals surface area contributed by atoms with Gasteiger partial charge in [0, 0.05) is 11.6 Å². The molecule has 0 fully saturated rings. The van der Waals surface area contributed by atoms with Gasteiger partial charge < -0.3 is 9.94 Å². The fourth-order valence-corrected chi connectivity index (χ4v) is 1.36. The molecule has 0 bridgehead atoms. The van der Waals surface area contributed by atoms with Gasteiger partial charge in [-0.25, -0.2) is 4.79 Å². The number of carbonyl (C=O) groups excluding carboxylic acids is 1. The number of hydrogen-bond donors (Lipinski definition) is 1. The van der Waals surface area contributed by atoms with E-state index in [2.05, 4.69) is 4.74 Å². The normalized spacial score (nSPS) is 10.4. The Morgan fingerprint density at radius 2 is 2.21 bits per heavy atom. The summed E-state index contributed by atoms with van der Waals surface area (Å²) in [6, 6.07) is 6.76. The largest absolute Gasteiger partial charge is 0.465 e. The highest BCUT2D eigenvalue weighted by Gasteiger charge is 2.07. The molecule has 0 unspecified atom stereocenters. The molecule has 0 aliphatic carbocycles. The summed E-state index contributed by atoms with van der Waals surface area (Å²) in [6.45, 7) is 0. The van der Waals surface area contributed by atoms with Crippen LogP contribution in [0.1, 0.15) is 10.4 Å². The number of fused-ring (bicyclic) bond motifs is 1. The molecule has 0 saturated heterocycles. The van der Waals surface area contributed by atoms with Crippen LogP contribution in [-0.2, 0) is 4.74 Å². The molecule has 2 aromatic rings. The van der Waals surface area contributed by atoms with Crippen molar-refractivity contribution in [3.05, 3.63) is 36.0 Å². The molecule has 0 spiro atoms. The third-order valence-corrected chi connectivity index (χ3v) is 2.09. The van der Waals surface area contributed by atoms with Gasteiger partial charge in [0.1, 0.15) is 0 Å². The van der Waals surface area contributed by atoms with Gasteiger partial charge in [0.15, 0.2) is 0 Å². The van der Waals surface area contributed by atoms with Crippen molar-refractivity contribution in [1.82, 2.24) is 4.73 Å². The Bertz CT molecular complexity index is 487. The highest BCUT2D eigenvalue weighted by molar-refractivity contribution is 5.94. The molecule has 0 radical (unpaired) electrons. The summed E-state index contributed by atoms with van der Waals surface area (Å²) >= 11 is 0. The lowest BCUT2D eigenvalue weighted by Gasteiger charge is -1.99. The van der Waals surface area contributed by atoms with Crippen LogP contribution in [0, 0.1) is 0 Å². The fraction of sp³-hybridized carbons (Fsp3) is 0.100. The van der Waals surface area contributed by atoms with Gasteiger partial charge in [-0.05, 0) is 18.2 Å². The summed E-state index contributed by atoms with van der Waals surface area (Å²) in [5.74, 6) is -0.409. The molecule has 1 aromatic carbocycles. The molecule has 4 heteroatoms. The van der Waals surface area contributed by atoms with E-state index >= 15 is 0 Å². The number of aromatic nitrogens is 1. The van der Waals surface area contributed by atoms with Gasteiger partial charge in [-0.1, -0.05) is 6.07 Å². The molecule has 2 rings (SSSR count). The summed E-state index contributed by atoms with van der Waals surface area (Å²) in [6.07, 6.45) is 1.52. The van der Waals surface area contributed by atoms with E-state index in [-0.39, 0.29) is 0 Å². The Labute approximate surface area is 80.3 Å². The van der Waals surface area contributed by atoms with E-state index in [0.29, 0.717) is 11.1 Å². The Balaban J connectivity index is 2.60. The van der Waals surface area contributed by atoms with Crippen molar-refractivity contribution in [2.75, 3.05) is 7.11 Å². The van der Waals surface area contributed by atoms with Crippen molar-refractivity contribution >= 4 is 16.9 Å². The smallest absolute Gasteiger partial charge is 0.337 e. The predicted molar refractivity (Wildman–Crippen MR) is 50.5 cm³/mol. The fourth-order valence-electron chi connectivity index (χ4n) is 1.36. The summed E-state index contributed by atoms with van der Waals surface area (Å²) in [5.41, 5.74) is 1.02. The molecule has 0 amide bonds. The molecular formula is C10H9NO3. The van der Waals surface area contributed by atoms with Gasteiger partial charge in [-0.3, -0.25) is 0 Å². The zero-order chi connectivity index (χ0) is 10.1. The van der Waals surface area contributed by atoms with Crippen LogP contribution < -0.4 is 0 Å². The quantitative estimate of drug-likeness (QED) is 0.551. The number of benzene rings is 1. The van der Waals surface area contributed by atoms with E-state index in [0.717, 1.165) is 10.1 Å². The second kappa shape index (κ2) is 3.06. The number of hydrogen-bond acceptors (Lipinski definition) is 3. The van der Waals surface area contributed by atoms with Gasteiger partial charge in [0.2, 0.25) is 0 Å². The summed E-state index contributed by atoms with van der Waals surface area (Å²) in [7, 11) is 1.32. The van der Waals surface area contributed by atoms with Gasteiger partial charge in [-0.15, -0.1) is 0 Å². The minimum atomic E-state index is -0.409.